The Kier molecular flexibility index (Phi) is 23.1. The number of nitrogens with zero attached hydrogens (tertiary/aromatic N) is 4. The molecule has 80 heavy (non-hydrogen) atoms. The normalized spacial score (nSPS) is 13.7. The number of nitrogens with two attached hydrogens (primary N) is 2. The van der Waals surface area contributed by atoms with E-state index in [-0.39, 0.29) is 80.7 Å². The summed E-state index contributed by atoms with van der Waals surface area (Å²) < 4.78 is 1.34. The number of aliphatic carboxylic acids is 1. The summed E-state index contributed by atoms with van der Waals surface area (Å²) in [6.07, 6.45) is 1.88. The molecule has 2 heterocycles. The van der Waals surface area contributed by atoms with E-state index in [1.807, 2.05) is 30.3 Å². The average Bonchev–Trinajstić information content (AvgIpc) is 3.81. The molecule has 4 aromatic carbocycles. The van der Waals surface area contributed by atoms with Crippen molar-refractivity contribution in [2.24, 2.45) is 11.7 Å². The first-order valence-electron chi connectivity index (χ1n) is 25.6. The van der Waals surface area contributed by atoms with Crippen LogP contribution in [0.5, 0.6) is 17.2 Å². The van der Waals surface area contributed by atoms with E-state index in [9.17, 15) is 54.0 Å². The largest absolute Gasteiger partial charge is 0.508 e. The maximum atomic E-state index is 14.6. The second-order valence-corrected chi connectivity index (χ2v) is 19.3. The van der Waals surface area contributed by atoms with Gasteiger partial charge in [-0.2, -0.15) is 17.7 Å². The first kappa shape index (κ1) is 62.1. The highest BCUT2D eigenvalue weighted by Crippen LogP contribution is 2.30. The summed E-state index contributed by atoms with van der Waals surface area (Å²) >= 11 is 4.35. The zero-order valence-corrected chi connectivity index (χ0v) is 44.4. The van der Waals surface area contributed by atoms with Crippen molar-refractivity contribution in [2.75, 3.05) is 18.0 Å². The van der Waals surface area contributed by atoms with Gasteiger partial charge in [0, 0.05) is 30.6 Å². The molecule has 0 fully saturated rings. The lowest BCUT2D eigenvalue weighted by Gasteiger charge is -2.29. The highest BCUT2D eigenvalue weighted by Gasteiger charge is 2.35. The smallest absolute Gasteiger partial charge is 0.326 e. The lowest BCUT2D eigenvalue weighted by atomic mass is 9.96. The zero-order valence-electron chi connectivity index (χ0n) is 43.5. The molecule has 0 radical (unpaired) electrons. The molecule has 426 valence electrons. The Bertz CT molecular complexity index is 3060. The molecular formula is C56H70N12O11S. The van der Waals surface area contributed by atoms with E-state index in [1.54, 1.807) is 13.8 Å². The highest BCUT2D eigenvalue weighted by atomic mass is 32.1. The molecule has 23 nitrogen and oxygen atoms in total. The van der Waals surface area contributed by atoms with Gasteiger partial charge in [-0.25, -0.2) is 19.4 Å². The summed E-state index contributed by atoms with van der Waals surface area (Å²) in [6.45, 7) is 3.36. The number of benzene rings is 4. The van der Waals surface area contributed by atoms with Gasteiger partial charge < -0.3 is 63.8 Å². The van der Waals surface area contributed by atoms with Crippen LogP contribution in [0.3, 0.4) is 0 Å². The summed E-state index contributed by atoms with van der Waals surface area (Å²) in [6, 6.07) is 18.3. The lowest BCUT2D eigenvalue weighted by Crippen LogP contribution is -2.61. The lowest BCUT2D eigenvalue weighted by molar-refractivity contribution is -0.142. The van der Waals surface area contributed by atoms with Gasteiger partial charge in [0.2, 0.25) is 35.4 Å². The minimum absolute atomic E-state index is 0. The monoisotopic (exact) mass is 1120 g/mol. The molecule has 7 atom stereocenters. The van der Waals surface area contributed by atoms with Crippen LogP contribution in [-0.4, -0.2) is 130 Å². The first-order valence-corrected chi connectivity index (χ1v) is 26.2. The van der Waals surface area contributed by atoms with Gasteiger partial charge in [0.05, 0.1) is 5.39 Å². The number of rotatable bonds is 28. The molecule has 6 aromatic rings. The van der Waals surface area contributed by atoms with Crippen LogP contribution in [-0.2, 0) is 59.4 Å². The van der Waals surface area contributed by atoms with Crippen LogP contribution in [0, 0.1) is 5.92 Å². The number of phenols is 3. The van der Waals surface area contributed by atoms with E-state index < -0.39 is 83.6 Å². The third-order valence-corrected chi connectivity index (χ3v) is 13.5. The Labute approximate surface area is 468 Å². The van der Waals surface area contributed by atoms with Crippen LogP contribution in [0.15, 0.2) is 109 Å². The Balaban J connectivity index is 0.0000118. The molecule has 14 N–H and O–H groups in total. The molecule has 0 saturated carbocycles. The zero-order chi connectivity index (χ0) is 57.2. The fourth-order valence-electron chi connectivity index (χ4n) is 8.53. The number of carbonyl (C=O) groups is 7. The third-order valence-electron chi connectivity index (χ3n) is 13.1. The molecule has 24 heteroatoms. The summed E-state index contributed by atoms with van der Waals surface area (Å²) in [5.41, 5.74) is 14.9. The van der Waals surface area contributed by atoms with Crippen LogP contribution in [0.2, 0.25) is 0 Å². The van der Waals surface area contributed by atoms with Gasteiger partial charge in [-0.05, 0) is 84.8 Å². The first-order chi connectivity index (χ1) is 37.9. The van der Waals surface area contributed by atoms with Crippen molar-refractivity contribution >= 4 is 70.9 Å². The molecule has 0 bridgehead atoms. The molecule has 0 aliphatic heterocycles. The molecule has 0 saturated heterocycles. The maximum absolute atomic E-state index is 14.6. The number of amides is 6. The van der Waals surface area contributed by atoms with Gasteiger partial charge in [0.15, 0.2) is 5.65 Å². The summed E-state index contributed by atoms with van der Waals surface area (Å²) in [7, 11) is 0. The maximum Gasteiger partial charge on any atom is 0.326 e. The Morgan fingerprint density at radius 3 is 1.59 bits per heavy atom. The number of aromatic hydroxyl groups is 3. The number of fused-ring (bicyclic) bond motifs is 1. The van der Waals surface area contributed by atoms with Crippen molar-refractivity contribution in [2.45, 2.75) is 109 Å². The Hall–Kier alpha value is -8.77. The van der Waals surface area contributed by atoms with E-state index in [2.05, 4.69) is 59.6 Å². The molecule has 7 unspecified atom stereocenters. The number of thiol groups is 1. The SMILES string of the molecule is C.CCC(C)C(NC(=O)C(CS)NC(=O)Cn1nc(-c2ccccc2)c2c(N)ncnc21)C(=O)NC(Cc1ccc(O)cc1)C(=O)NC(CCCCN)C(=O)NC(Cc1ccc(O)cc1)C(=O)NC(Cc1ccc(O)cc1)C(=O)O. The fourth-order valence-corrected chi connectivity index (χ4v) is 8.78. The molecule has 6 rings (SSSR count). The molecular weight excluding hydrogens is 1050 g/mol. The standard InChI is InChI=1S/C55H66N12O11S.CH4/c1-3-31(2)46(65-53(75)43(29-79)60-44(71)28-67-49-45(48(57)58-30-59-49)47(66-67)35-9-5-4-6-10-35)54(76)63-41(26-33-14-20-37(69)21-15-33)51(73)61-39(11-7-8-24-56)50(72)62-40(25-32-12-18-36(68)19-13-32)52(74)64-42(55(77)78)27-34-16-22-38(70)23-17-34;/h4-6,9-10,12-23,30-31,39-43,46,68-70,79H,3,7-8,11,24-29,56H2,1-2H3,(H,60,71)(H,61,73)(H,62,72)(H,63,76)(H,64,74)(H,65,75)(H,77,78)(H2,57,58,59);1H4. The van der Waals surface area contributed by atoms with Crippen LogP contribution in [0.1, 0.15) is 63.6 Å². The number of aromatic nitrogens is 4. The van der Waals surface area contributed by atoms with Crippen molar-refractivity contribution in [1.82, 2.24) is 51.6 Å². The number of carboxylic acids is 1. The van der Waals surface area contributed by atoms with E-state index in [1.165, 1.54) is 83.8 Å². The highest BCUT2D eigenvalue weighted by molar-refractivity contribution is 7.80. The summed E-state index contributed by atoms with van der Waals surface area (Å²) in [4.78, 5) is 106. The number of carbonyl (C=O) groups excluding carboxylic acids is 6. The predicted molar refractivity (Wildman–Crippen MR) is 303 cm³/mol. The van der Waals surface area contributed by atoms with Crippen LogP contribution >= 0.6 is 12.6 Å². The van der Waals surface area contributed by atoms with Gasteiger partial charge in [-0.15, -0.1) is 0 Å². The van der Waals surface area contributed by atoms with Crippen LogP contribution in [0.25, 0.3) is 22.3 Å². The Morgan fingerprint density at radius 1 is 0.613 bits per heavy atom. The van der Waals surface area contributed by atoms with E-state index in [0.29, 0.717) is 52.6 Å². The van der Waals surface area contributed by atoms with Gasteiger partial charge in [-0.1, -0.05) is 94.4 Å². The van der Waals surface area contributed by atoms with Crippen LogP contribution < -0.4 is 43.4 Å². The molecule has 0 spiro atoms. The van der Waals surface area contributed by atoms with E-state index in [0.717, 1.165) is 0 Å². The van der Waals surface area contributed by atoms with Gasteiger partial charge in [0.25, 0.3) is 0 Å². The van der Waals surface area contributed by atoms with Gasteiger partial charge in [0.1, 0.15) is 77.9 Å². The number of carboxylic acid groups (broad SMARTS) is 1. The van der Waals surface area contributed by atoms with Crippen molar-refractivity contribution in [1.29, 1.82) is 0 Å². The molecule has 2 aromatic heterocycles. The quantitative estimate of drug-likeness (QED) is 0.0248. The summed E-state index contributed by atoms with van der Waals surface area (Å²) in [5, 5.41) is 61.0. The number of phenolic OH excluding ortho intramolecular Hbond substituents is 3. The van der Waals surface area contributed by atoms with Crippen molar-refractivity contribution in [3.8, 4) is 28.5 Å². The van der Waals surface area contributed by atoms with Crippen LogP contribution in [0.4, 0.5) is 5.82 Å². The minimum atomic E-state index is -1.47. The fraction of sp³-hybridized carbons (Fsp3) is 0.357. The molecule has 6 amide bonds. The number of hydrogen-bond donors (Lipinski definition) is 13. The van der Waals surface area contributed by atoms with Crippen molar-refractivity contribution in [3.63, 3.8) is 0 Å². The van der Waals surface area contributed by atoms with E-state index >= 15 is 0 Å². The molecule has 0 aliphatic rings. The van der Waals surface area contributed by atoms with Gasteiger partial charge in [-0.3, -0.25) is 28.8 Å². The van der Waals surface area contributed by atoms with Crippen molar-refractivity contribution < 1.29 is 54.0 Å². The predicted octanol–water partition coefficient (Wildman–Crippen LogP) is 2.65. The second-order valence-electron chi connectivity index (χ2n) is 19.0. The molecule has 0 aliphatic carbocycles. The number of nitrogen functional groups attached to an aromatic ring is 1. The number of unbranched alkanes of at least 4 members (excludes halogenated alkanes) is 1. The van der Waals surface area contributed by atoms with E-state index in [4.69, 9.17) is 11.5 Å². The number of hydrogen-bond acceptors (Lipinski definition) is 16. The van der Waals surface area contributed by atoms with Crippen molar-refractivity contribution in [3.05, 3.63) is 126 Å². The number of nitrogens with one attached hydrogen (secondary N) is 6. The second kappa shape index (κ2) is 29.8. The Morgan fingerprint density at radius 2 is 1.09 bits per heavy atom. The summed E-state index contributed by atoms with van der Waals surface area (Å²) in [5.74, 6) is -6.84. The minimum Gasteiger partial charge on any atom is -0.508 e. The van der Waals surface area contributed by atoms with Gasteiger partial charge >= 0.3 is 5.97 Å². The third kappa shape index (κ3) is 17.4. The average molecular weight is 1120 g/mol. The topological polar surface area (TPSA) is 368 Å². The number of anilines is 1.